The number of nitrogens with one attached hydrogen (secondary N) is 1. The van der Waals surface area contributed by atoms with Gasteiger partial charge in [-0.05, 0) is 36.7 Å². The Morgan fingerprint density at radius 1 is 1.35 bits per heavy atom. The third-order valence-corrected chi connectivity index (χ3v) is 2.31. The number of hydrogen-bond acceptors (Lipinski definition) is 3. The van der Waals surface area contributed by atoms with Gasteiger partial charge in [-0.3, -0.25) is 4.79 Å². The Labute approximate surface area is 98.8 Å². The Morgan fingerprint density at radius 3 is 2.82 bits per heavy atom. The van der Waals surface area contributed by atoms with Gasteiger partial charge in [0.2, 0.25) is 0 Å². The summed E-state index contributed by atoms with van der Waals surface area (Å²) >= 11 is 0. The first-order valence-electron chi connectivity index (χ1n) is 5.35. The maximum Gasteiger partial charge on any atom is 0.306 e. The quantitative estimate of drug-likeness (QED) is 0.610. The third-order valence-electron chi connectivity index (χ3n) is 2.31. The Balaban J connectivity index is 2.26. The van der Waals surface area contributed by atoms with Gasteiger partial charge in [0.1, 0.15) is 11.6 Å². The van der Waals surface area contributed by atoms with E-state index in [1.807, 2.05) is 0 Å². The molecule has 0 saturated heterocycles. The summed E-state index contributed by atoms with van der Waals surface area (Å²) in [6.07, 6.45) is 0.646. The number of methoxy groups -OCH3 is 1. The predicted octanol–water partition coefficient (Wildman–Crippen LogP) is 1.66. The highest BCUT2D eigenvalue weighted by atomic mass is 19.1. The van der Waals surface area contributed by atoms with Crippen LogP contribution in [0.4, 0.5) is 8.78 Å². The van der Waals surface area contributed by atoms with Gasteiger partial charge in [-0.15, -0.1) is 0 Å². The third kappa shape index (κ3) is 4.91. The molecule has 1 aromatic carbocycles. The van der Waals surface area contributed by atoms with Crippen LogP contribution in [0.1, 0.15) is 12.0 Å². The van der Waals surface area contributed by atoms with Crippen LogP contribution in [0.25, 0.3) is 0 Å². The fourth-order valence-electron chi connectivity index (χ4n) is 1.38. The lowest BCUT2D eigenvalue weighted by Gasteiger charge is -2.05. The molecule has 94 valence electrons. The molecule has 5 heteroatoms. The molecular formula is C12H15F2NO2. The van der Waals surface area contributed by atoms with E-state index in [1.165, 1.54) is 13.2 Å². The first-order chi connectivity index (χ1) is 8.13. The minimum atomic E-state index is -0.448. The van der Waals surface area contributed by atoms with Gasteiger partial charge in [0.25, 0.3) is 0 Å². The molecule has 3 nitrogen and oxygen atoms in total. The average molecular weight is 243 g/mol. The van der Waals surface area contributed by atoms with Crippen LogP contribution in [-0.4, -0.2) is 26.2 Å². The van der Waals surface area contributed by atoms with Gasteiger partial charge >= 0.3 is 5.97 Å². The van der Waals surface area contributed by atoms with Gasteiger partial charge in [-0.1, -0.05) is 0 Å². The summed E-state index contributed by atoms with van der Waals surface area (Å²) in [4.78, 5) is 10.8. The van der Waals surface area contributed by atoms with Crippen molar-refractivity contribution in [3.63, 3.8) is 0 Å². The van der Waals surface area contributed by atoms with Crippen LogP contribution in [0, 0.1) is 11.6 Å². The smallest absolute Gasteiger partial charge is 0.306 e. The summed E-state index contributed by atoms with van der Waals surface area (Å²) in [5.41, 5.74) is 0.329. The van der Waals surface area contributed by atoms with Crippen LogP contribution >= 0.6 is 0 Å². The van der Waals surface area contributed by atoms with E-state index < -0.39 is 11.6 Å². The van der Waals surface area contributed by atoms with Gasteiger partial charge < -0.3 is 10.1 Å². The number of halogens is 2. The van der Waals surface area contributed by atoms with Crippen molar-refractivity contribution in [2.45, 2.75) is 12.8 Å². The normalized spacial score (nSPS) is 10.3. The summed E-state index contributed by atoms with van der Waals surface area (Å²) in [5, 5.41) is 2.96. The van der Waals surface area contributed by atoms with Gasteiger partial charge in [0.15, 0.2) is 0 Å². The topological polar surface area (TPSA) is 38.3 Å². The van der Waals surface area contributed by atoms with E-state index in [9.17, 15) is 13.6 Å². The van der Waals surface area contributed by atoms with Crippen molar-refractivity contribution in [1.82, 2.24) is 5.32 Å². The Bertz CT molecular complexity index is 383. The molecule has 0 unspecified atom stereocenters. The minimum Gasteiger partial charge on any atom is -0.469 e. The second kappa shape index (κ2) is 6.96. The van der Waals surface area contributed by atoms with E-state index in [2.05, 4.69) is 10.1 Å². The molecule has 0 fully saturated rings. The molecular weight excluding hydrogens is 228 g/mol. The van der Waals surface area contributed by atoms with Crippen molar-refractivity contribution in [3.05, 3.63) is 35.4 Å². The molecule has 0 aromatic heterocycles. The predicted molar refractivity (Wildman–Crippen MR) is 59.6 cm³/mol. The maximum absolute atomic E-state index is 13.2. The van der Waals surface area contributed by atoms with Crippen molar-refractivity contribution in [2.24, 2.45) is 0 Å². The highest BCUT2D eigenvalue weighted by Crippen LogP contribution is 2.09. The zero-order valence-corrected chi connectivity index (χ0v) is 9.63. The summed E-state index contributed by atoms with van der Waals surface area (Å²) in [6, 6.07) is 3.37. The lowest BCUT2D eigenvalue weighted by molar-refractivity contribution is -0.140. The highest BCUT2D eigenvalue weighted by molar-refractivity contribution is 5.69. The Morgan fingerprint density at radius 2 is 2.12 bits per heavy atom. The number of esters is 1. The van der Waals surface area contributed by atoms with Crippen molar-refractivity contribution in [2.75, 3.05) is 20.2 Å². The van der Waals surface area contributed by atoms with Crippen LogP contribution in [0.2, 0.25) is 0 Å². The molecule has 17 heavy (non-hydrogen) atoms. The second-order valence-electron chi connectivity index (χ2n) is 3.56. The SMILES string of the molecule is COC(=O)CCNCCc1cc(F)ccc1F. The fraction of sp³-hybridized carbons (Fsp3) is 0.417. The standard InChI is InChI=1S/C12H15F2NO2/c1-17-12(16)5-7-15-6-4-9-8-10(13)2-3-11(9)14/h2-3,8,15H,4-7H2,1H3. The van der Waals surface area contributed by atoms with Crippen molar-refractivity contribution in [3.8, 4) is 0 Å². The largest absolute Gasteiger partial charge is 0.469 e. The molecule has 0 spiro atoms. The number of rotatable bonds is 6. The molecule has 0 radical (unpaired) electrons. The monoisotopic (exact) mass is 243 g/mol. The zero-order chi connectivity index (χ0) is 12.7. The molecule has 0 aliphatic carbocycles. The zero-order valence-electron chi connectivity index (χ0n) is 9.63. The molecule has 1 rings (SSSR count). The molecule has 0 atom stereocenters. The van der Waals surface area contributed by atoms with Gasteiger partial charge in [0.05, 0.1) is 13.5 Å². The van der Waals surface area contributed by atoms with E-state index in [4.69, 9.17) is 0 Å². The number of hydrogen-bond donors (Lipinski definition) is 1. The van der Waals surface area contributed by atoms with Crippen molar-refractivity contribution in [1.29, 1.82) is 0 Å². The average Bonchev–Trinajstić information content (AvgIpc) is 2.32. The van der Waals surface area contributed by atoms with Crippen molar-refractivity contribution >= 4 is 5.97 Å². The lowest BCUT2D eigenvalue weighted by Crippen LogP contribution is -2.21. The van der Waals surface area contributed by atoms with Crippen LogP contribution in [-0.2, 0) is 16.0 Å². The van der Waals surface area contributed by atoms with Crippen molar-refractivity contribution < 1.29 is 18.3 Å². The first kappa shape index (κ1) is 13.6. The number of ether oxygens (including phenoxy) is 1. The van der Waals surface area contributed by atoms with Crippen LogP contribution in [0.15, 0.2) is 18.2 Å². The number of carbonyl (C=O) groups is 1. The molecule has 0 saturated carbocycles. The van der Waals surface area contributed by atoms with Crippen LogP contribution < -0.4 is 5.32 Å². The van der Waals surface area contributed by atoms with E-state index >= 15 is 0 Å². The summed E-state index contributed by atoms with van der Waals surface area (Å²) < 4.78 is 30.5. The van der Waals surface area contributed by atoms with E-state index in [1.54, 1.807) is 0 Å². The van der Waals surface area contributed by atoms with Gasteiger partial charge in [-0.25, -0.2) is 8.78 Å². The first-order valence-corrected chi connectivity index (χ1v) is 5.35. The van der Waals surface area contributed by atoms with Gasteiger partial charge in [-0.2, -0.15) is 0 Å². The number of carbonyl (C=O) groups excluding carboxylic acids is 1. The lowest BCUT2D eigenvalue weighted by atomic mass is 10.1. The summed E-state index contributed by atoms with van der Waals surface area (Å²) in [7, 11) is 1.32. The molecule has 0 bridgehead atoms. The van der Waals surface area contributed by atoms with E-state index in [-0.39, 0.29) is 12.4 Å². The van der Waals surface area contributed by atoms with Crippen LogP contribution in [0.5, 0.6) is 0 Å². The summed E-state index contributed by atoms with van der Waals surface area (Å²) in [5.74, 6) is -1.16. The highest BCUT2D eigenvalue weighted by Gasteiger charge is 2.04. The molecule has 0 aliphatic rings. The maximum atomic E-state index is 13.2. The molecule has 0 aliphatic heterocycles. The Hall–Kier alpha value is -1.49. The van der Waals surface area contributed by atoms with E-state index in [0.717, 1.165) is 12.1 Å². The second-order valence-corrected chi connectivity index (χ2v) is 3.56. The number of benzene rings is 1. The molecule has 1 aromatic rings. The molecule has 1 N–H and O–H groups in total. The van der Waals surface area contributed by atoms with Gasteiger partial charge in [0, 0.05) is 6.54 Å². The molecule has 0 heterocycles. The van der Waals surface area contributed by atoms with Crippen LogP contribution in [0.3, 0.4) is 0 Å². The molecule has 0 amide bonds. The summed E-state index contributed by atoms with van der Waals surface area (Å²) in [6.45, 7) is 0.945. The van der Waals surface area contributed by atoms with E-state index in [0.29, 0.717) is 25.1 Å². The fourth-order valence-corrected chi connectivity index (χ4v) is 1.38. The Kier molecular flexibility index (Phi) is 5.56. The minimum absolute atomic E-state index is 0.266.